The quantitative estimate of drug-likeness (QED) is 0.302. The third-order valence-corrected chi connectivity index (χ3v) is 6.03. The van der Waals surface area contributed by atoms with Crippen LogP contribution < -0.4 is 0 Å². The van der Waals surface area contributed by atoms with E-state index in [0.717, 1.165) is 44.3 Å². The molecule has 0 N–H and O–H groups in total. The maximum absolute atomic E-state index is 9.01. The van der Waals surface area contributed by atoms with Gasteiger partial charge in [0.1, 0.15) is 11.2 Å². The molecule has 2 nitrogen and oxygen atoms in total. The number of aromatic nitrogens is 1. The van der Waals surface area contributed by atoms with Crippen LogP contribution in [-0.2, 0) is 5.41 Å². The molecule has 5 aromatic rings. The van der Waals surface area contributed by atoms with Crippen molar-refractivity contribution in [2.24, 2.45) is 0 Å². The average molecular weight is 407 g/mol. The van der Waals surface area contributed by atoms with E-state index in [1.54, 1.807) is 6.20 Å². The van der Waals surface area contributed by atoms with Crippen molar-refractivity contribution in [3.05, 3.63) is 102 Å². The van der Waals surface area contributed by atoms with Crippen molar-refractivity contribution in [1.29, 1.82) is 0 Å². The Bertz CT molecular complexity index is 1420. The number of furan rings is 1. The van der Waals surface area contributed by atoms with Crippen LogP contribution in [0.15, 0.2) is 89.5 Å². The lowest BCUT2D eigenvalue weighted by Crippen LogP contribution is -2.10. The number of benzene rings is 3. The number of fused-ring (bicyclic) bond motifs is 3. The van der Waals surface area contributed by atoms with Crippen molar-refractivity contribution >= 4 is 21.9 Å². The number of nitrogens with zero attached hydrogens (tertiary/aromatic N) is 1. The second-order valence-electron chi connectivity index (χ2n) is 9.19. The van der Waals surface area contributed by atoms with Crippen LogP contribution in [0.2, 0.25) is 0 Å². The normalized spacial score (nSPS) is 14.5. The largest absolute Gasteiger partial charge is 0.456 e. The van der Waals surface area contributed by atoms with Gasteiger partial charge in [0.25, 0.3) is 0 Å². The van der Waals surface area contributed by atoms with Crippen LogP contribution in [0.5, 0.6) is 0 Å². The molecule has 0 saturated heterocycles. The molecule has 5 rings (SSSR count). The highest BCUT2D eigenvalue weighted by molar-refractivity contribution is 6.06. The van der Waals surface area contributed by atoms with Crippen molar-refractivity contribution in [3.63, 3.8) is 0 Å². The zero-order valence-electron chi connectivity index (χ0n) is 19.4. The molecule has 0 amide bonds. The molecule has 0 aliphatic rings. The van der Waals surface area contributed by atoms with Crippen LogP contribution >= 0.6 is 0 Å². The van der Waals surface area contributed by atoms with E-state index in [1.165, 1.54) is 5.56 Å². The Morgan fingerprint density at radius 1 is 0.806 bits per heavy atom. The van der Waals surface area contributed by atoms with Gasteiger partial charge in [0.05, 0.1) is 5.69 Å². The summed E-state index contributed by atoms with van der Waals surface area (Å²) >= 11 is 0. The molecule has 0 spiro atoms. The van der Waals surface area contributed by atoms with Gasteiger partial charge in [-0.2, -0.15) is 0 Å². The van der Waals surface area contributed by atoms with Crippen LogP contribution in [0, 0.1) is 0 Å². The first-order chi connectivity index (χ1) is 15.2. The number of pyridine rings is 1. The fourth-order valence-electron chi connectivity index (χ4n) is 4.08. The van der Waals surface area contributed by atoms with E-state index in [0.29, 0.717) is 0 Å². The Hall–Kier alpha value is -3.39. The van der Waals surface area contributed by atoms with Gasteiger partial charge >= 0.3 is 0 Å². The maximum Gasteiger partial charge on any atom is 0.135 e. The van der Waals surface area contributed by atoms with E-state index in [9.17, 15) is 0 Å². The van der Waals surface area contributed by atoms with Gasteiger partial charge in [-0.15, -0.1) is 0 Å². The van der Waals surface area contributed by atoms with Gasteiger partial charge < -0.3 is 4.42 Å². The van der Waals surface area contributed by atoms with E-state index >= 15 is 0 Å². The van der Waals surface area contributed by atoms with Crippen LogP contribution in [0.3, 0.4) is 0 Å². The first-order valence-electron chi connectivity index (χ1n) is 11.2. The summed E-state index contributed by atoms with van der Waals surface area (Å²) in [5.41, 5.74) is 6.88. The molecular weight excluding hydrogens is 378 g/mol. The molecule has 154 valence electrons. The lowest BCUT2D eigenvalue weighted by molar-refractivity contribution is 0.587. The lowest BCUT2D eigenvalue weighted by Gasteiger charge is -2.18. The zero-order chi connectivity index (χ0) is 22.5. The molecule has 1 atom stereocenters. The molecule has 2 aromatic heterocycles. The smallest absolute Gasteiger partial charge is 0.135 e. The van der Waals surface area contributed by atoms with Crippen molar-refractivity contribution < 1.29 is 5.79 Å². The minimum absolute atomic E-state index is 0.0738. The highest BCUT2D eigenvalue weighted by atomic mass is 16.3. The molecular formula is C29H27NO. The Labute approximate surface area is 185 Å². The van der Waals surface area contributed by atoms with Crippen molar-refractivity contribution in [2.75, 3.05) is 0 Å². The van der Waals surface area contributed by atoms with E-state index in [2.05, 4.69) is 50.0 Å². The topological polar surface area (TPSA) is 26.0 Å². The van der Waals surface area contributed by atoms with Crippen LogP contribution in [0.1, 0.15) is 51.7 Å². The van der Waals surface area contributed by atoms with Gasteiger partial charge in [0, 0.05) is 29.8 Å². The van der Waals surface area contributed by atoms with E-state index in [4.69, 9.17) is 5.79 Å². The van der Waals surface area contributed by atoms with Gasteiger partial charge in [-0.05, 0) is 58.5 Å². The van der Waals surface area contributed by atoms with Gasteiger partial charge in [-0.25, -0.2) is 0 Å². The predicted octanol–water partition coefficient (Wildman–Crippen LogP) is 8.10. The summed E-state index contributed by atoms with van der Waals surface area (Å²) in [4.78, 5) is 4.62. The predicted molar refractivity (Wildman–Crippen MR) is 130 cm³/mol. The van der Waals surface area contributed by atoms with E-state index in [-0.39, 0.29) is 5.41 Å². The average Bonchev–Trinajstić information content (AvgIpc) is 3.16. The van der Waals surface area contributed by atoms with Gasteiger partial charge in [-0.1, -0.05) is 70.2 Å². The minimum Gasteiger partial charge on any atom is -0.456 e. The summed E-state index contributed by atoms with van der Waals surface area (Å²) in [7, 11) is 0. The van der Waals surface area contributed by atoms with Crippen molar-refractivity contribution in [3.8, 4) is 11.3 Å². The molecule has 0 aliphatic heterocycles. The molecule has 0 saturated carbocycles. The maximum atomic E-state index is 9.01. The number of hydrogen-bond donors (Lipinski definition) is 0. The third kappa shape index (κ3) is 3.63. The summed E-state index contributed by atoms with van der Waals surface area (Å²) in [5.74, 6) is -0.852. The van der Waals surface area contributed by atoms with Gasteiger partial charge in [-0.3, -0.25) is 4.98 Å². The molecule has 0 radical (unpaired) electrons. The first-order valence-corrected chi connectivity index (χ1v) is 10.7. The van der Waals surface area contributed by atoms with Crippen LogP contribution in [0.25, 0.3) is 33.2 Å². The second kappa shape index (κ2) is 7.39. The van der Waals surface area contributed by atoms with Crippen molar-refractivity contribution in [2.45, 2.75) is 39.0 Å². The number of hydrogen-bond acceptors (Lipinski definition) is 2. The third-order valence-electron chi connectivity index (χ3n) is 6.03. The second-order valence-corrected chi connectivity index (χ2v) is 9.19. The molecule has 31 heavy (non-hydrogen) atoms. The molecule has 0 aliphatic carbocycles. The summed E-state index contributed by atoms with van der Waals surface area (Å²) in [6.07, 6.45) is 1.80. The summed E-state index contributed by atoms with van der Waals surface area (Å²) in [6.45, 7) is 8.57. The fourth-order valence-corrected chi connectivity index (χ4v) is 4.08. The Balaban J connectivity index is 1.59. The molecule has 3 aromatic carbocycles. The molecule has 2 heteroatoms. The molecule has 1 unspecified atom stereocenters. The Morgan fingerprint density at radius 2 is 1.61 bits per heavy atom. The highest BCUT2D eigenvalue weighted by Crippen LogP contribution is 2.35. The monoisotopic (exact) mass is 406 g/mol. The molecule has 0 bridgehead atoms. The highest BCUT2D eigenvalue weighted by Gasteiger charge is 2.17. The SMILES string of the molecule is [2H]C(C)(c1ccccc1)c1ccnc(-c2ccc3oc4cc(C(C)(C)C)ccc4c3c2)c1. The Morgan fingerprint density at radius 3 is 2.39 bits per heavy atom. The van der Waals surface area contributed by atoms with Crippen LogP contribution in [-0.4, -0.2) is 4.98 Å². The van der Waals surface area contributed by atoms with E-state index < -0.39 is 5.89 Å². The minimum atomic E-state index is -0.852. The van der Waals surface area contributed by atoms with Crippen LogP contribution in [0.4, 0.5) is 0 Å². The lowest BCUT2D eigenvalue weighted by atomic mass is 9.86. The first kappa shape index (κ1) is 18.4. The van der Waals surface area contributed by atoms with E-state index in [1.807, 2.05) is 61.5 Å². The number of rotatable bonds is 3. The zero-order valence-corrected chi connectivity index (χ0v) is 18.4. The molecule has 2 heterocycles. The van der Waals surface area contributed by atoms with Crippen molar-refractivity contribution in [1.82, 2.24) is 4.98 Å². The Kier molecular flexibility index (Phi) is 4.38. The standard InChI is InChI=1S/C29H27NO/c1-19(20-8-6-5-7-9-20)21-14-15-30-26(17-21)22-10-13-27-25(16-22)24-12-11-23(29(2,3)4)18-28(24)31-27/h5-19H,1-4H3/i19D. The summed E-state index contributed by atoms with van der Waals surface area (Å²) < 4.78 is 15.2. The van der Waals surface area contributed by atoms with Gasteiger partial charge in [0.15, 0.2) is 0 Å². The molecule has 0 fully saturated rings. The summed E-state index contributed by atoms with van der Waals surface area (Å²) in [6, 6.07) is 26.6. The summed E-state index contributed by atoms with van der Waals surface area (Å²) in [5, 5.41) is 2.20. The van der Waals surface area contributed by atoms with Gasteiger partial charge in [0.2, 0.25) is 0 Å². The fraction of sp³-hybridized carbons (Fsp3) is 0.207.